The summed E-state index contributed by atoms with van der Waals surface area (Å²) in [4.78, 5) is 24.8. The lowest BCUT2D eigenvalue weighted by atomic mass is 10.2. The van der Waals surface area contributed by atoms with Crippen LogP contribution >= 0.6 is 12.4 Å². The Balaban J connectivity index is 0.00000400. The quantitative estimate of drug-likeness (QED) is 0.695. The van der Waals surface area contributed by atoms with Gasteiger partial charge < -0.3 is 21.7 Å². The van der Waals surface area contributed by atoms with Crippen molar-refractivity contribution in [1.29, 1.82) is 0 Å². The number of amides is 3. The number of carbonyl (C=O) groups excluding carboxylic acids is 2. The van der Waals surface area contributed by atoms with Gasteiger partial charge in [-0.15, -0.1) is 12.4 Å². The molecule has 5 N–H and O–H groups in total. The van der Waals surface area contributed by atoms with Crippen LogP contribution in [0.15, 0.2) is 30.3 Å². The molecule has 1 aromatic rings. The zero-order valence-corrected chi connectivity index (χ0v) is 12.9. The third kappa shape index (κ3) is 6.97. The summed E-state index contributed by atoms with van der Waals surface area (Å²) in [6.07, 6.45) is 0.710. The normalized spacial score (nSPS) is 11.1. The van der Waals surface area contributed by atoms with E-state index in [-0.39, 0.29) is 18.3 Å². The van der Waals surface area contributed by atoms with Crippen LogP contribution in [0.3, 0.4) is 0 Å². The van der Waals surface area contributed by atoms with Crippen LogP contribution in [0.25, 0.3) is 0 Å². The summed E-state index contributed by atoms with van der Waals surface area (Å²) in [5.41, 5.74) is 11.6. The molecule has 1 aromatic carbocycles. The summed E-state index contributed by atoms with van der Waals surface area (Å²) in [7, 11) is 0. The third-order valence-corrected chi connectivity index (χ3v) is 2.89. The van der Waals surface area contributed by atoms with Gasteiger partial charge in [0.15, 0.2) is 0 Å². The monoisotopic (exact) mass is 314 g/mol. The molecular weight excluding hydrogens is 292 g/mol. The van der Waals surface area contributed by atoms with E-state index in [2.05, 4.69) is 5.32 Å². The average molecular weight is 315 g/mol. The minimum atomic E-state index is -0.704. The maximum atomic E-state index is 12.3. The van der Waals surface area contributed by atoms with Gasteiger partial charge in [0.1, 0.15) is 6.04 Å². The molecular formula is C14H23ClN4O2. The number of carbonyl (C=O) groups is 2. The number of benzene rings is 1. The zero-order valence-electron chi connectivity index (χ0n) is 12.1. The zero-order chi connectivity index (χ0) is 15.0. The number of hydrogen-bond donors (Lipinski definition) is 3. The van der Waals surface area contributed by atoms with E-state index in [0.717, 1.165) is 5.56 Å². The summed E-state index contributed by atoms with van der Waals surface area (Å²) < 4.78 is 0. The van der Waals surface area contributed by atoms with E-state index in [9.17, 15) is 9.59 Å². The van der Waals surface area contributed by atoms with Crippen LogP contribution in [-0.4, -0.2) is 36.0 Å². The minimum Gasteiger partial charge on any atom is -0.352 e. The van der Waals surface area contributed by atoms with Gasteiger partial charge in [0.05, 0.1) is 0 Å². The number of halogens is 1. The summed E-state index contributed by atoms with van der Waals surface area (Å²) in [6.45, 7) is 3.17. The standard InChI is InChI=1S/C14H22N4O2.ClH/c1-11(17-14(16)20)13(19)18(9-5-8-15)10-12-6-3-2-4-7-12;/h2-4,6-7,11H,5,8-10,15H2,1H3,(H3,16,17,20);1H. The molecule has 1 rings (SSSR count). The lowest BCUT2D eigenvalue weighted by Crippen LogP contribution is -2.48. The van der Waals surface area contributed by atoms with Crippen LogP contribution in [0.4, 0.5) is 4.79 Å². The van der Waals surface area contributed by atoms with Crippen molar-refractivity contribution in [2.45, 2.75) is 25.9 Å². The van der Waals surface area contributed by atoms with E-state index in [4.69, 9.17) is 11.5 Å². The molecule has 3 amide bonds. The first-order valence-electron chi connectivity index (χ1n) is 6.63. The molecule has 118 valence electrons. The van der Waals surface area contributed by atoms with Crippen molar-refractivity contribution in [2.75, 3.05) is 13.1 Å². The summed E-state index contributed by atoms with van der Waals surface area (Å²) in [5.74, 6) is -0.166. The Bertz CT molecular complexity index is 442. The lowest BCUT2D eigenvalue weighted by molar-refractivity contribution is -0.133. The molecule has 0 saturated heterocycles. The predicted octanol–water partition coefficient (Wildman–Crippen LogP) is 0.843. The fraction of sp³-hybridized carbons (Fsp3) is 0.429. The molecule has 0 radical (unpaired) electrons. The maximum Gasteiger partial charge on any atom is 0.312 e. The molecule has 0 aliphatic heterocycles. The SMILES string of the molecule is CC(NC(N)=O)C(=O)N(CCCN)Cc1ccccc1.Cl. The number of nitrogens with two attached hydrogens (primary N) is 2. The van der Waals surface area contributed by atoms with Gasteiger partial charge in [0.25, 0.3) is 0 Å². The van der Waals surface area contributed by atoms with E-state index in [1.807, 2.05) is 30.3 Å². The van der Waals surface area contributed by atoms with Crippen molar-refractivity contribution in [3.8, 4) is 0 Å². The van der Waals surface area contributed by atoms with Crippen LogP contribution < -0.4 is 16.8 Å². The Labute approximate surface area is 131 Å². The predicted molar refractivity (Wildman–Crippen MR) is 85.0 cm³/mol. The molecule has 6 nitrogen and oxygen atoms in total. The highest BCUT2D eigenvalue weighted by atomic mass is 35.5. The Kier molecular flexibility index (Phi) is 9.16. The van der Waals surface area contributed by atoms with Crippen LogP contribution in [0, 0.1) is 0 Å². The Morgan fingerprint density at radius 2 is 1.90 bits per heavy atom. The molecule has 0 fully saturated rings. The highest BCUT2D eigenvalue weighted by Crippen LogP contribution is 2.07. The van der Waals surface area contributed by atoms with Crippen molar-refractivity contribution >= 4 is 24.3 Å². The molecule has 0 heterocycles. The molecule has 1 atom stereocenters. The largest absolute Gasteiger partial charge is 0.352 e. The van der Waals surface area contributed by atoms with Crippen LogP contribution in [-0.2, 0) is 11.3 Å². The number of nitrogens with one attached hydrogen (secondary N) is 1. The molecule has 7 heteroatoms. The Morgan fingerprint density at radius 1 is 1.29 bits per heavy atom. The van der Waals surface area contributed by atoms with E-state index in [1.54, 1.807) is 11.8 Å². The first-order valence-corrected chi connectivity index (χ1v) is 6.63. The molecule has 0 spiro atoms. The van der Waals surface area contributed by atoms with Crippen molar-refractivity contribution in [3.05, 3.63) is 35.9 Å². The number of hydrogen-bond acceptors (Lipinski definition) is 3. The number of primary amides is 1. The third-order valence-electron chi connectivity index (χ3n) is 2.89. The number of urea groups is 1. The topological polar surface area (TPSA) is 101 Å². The van der Waals surface area contributed by atoms with E-state index >= 15 is 0 Å². The van der Waals surface area contributed by atoms with Crippen LogP contribution in [0.1, 0.15) is 18.9 Å². The summed E-state index contributed by atoms with van der Waals surface area (Å²) in [5, 5.41) is 2.40. The van der Waals surface area contributed by atoms with Gasteiger partial charge in [-0.1, -0.05) is 30.3 Å². The van der Waals surface area contributed by atoms with Gasteiger partial charge in [-0.25, -0.2) is 4.79 Å². The summed E-state index contributed by atoms with van der Waals surface area (Å²) in [6, 6.07) is 8.33. The van der Waals surface area contributed by atoms with E-state index in [1.165, 1.54) is 0 Å². The van der Waals surface area contributed by atoms with Gasteiger partial charge in [0, 0.05) is 13.1 Å². The van der Waals surface area contributed by atoms with Crippen LogP contribution in [0.5, 0.6) is 0 Å². The Morgan fingerprint density at radius 3 is 2.43 bits per heavy atom. The van der Waals surface area contributed by atoms with Crippen molar-refractivity contribution in [2.24, 2.45) is 11.5 Å². The fourth-order valence-electron chi connectivity index (χ4n) is 1.90. The molecule has 0 saturated carbocycles. The van der Waals surface area contributed by atoms with E-state index < -0.39 is 12.1 Å². The van der Waals surface area contributed by atoms with Crippen molar-refractivity contribution < 1.29 is 9.59 Å². The second kappa shape index (κ2) is 10.0. The van der Waals surface area contributed by atoms with Gasteiger partial charge in [-0.2, -0.15) is 0 Å². The van der Waals surface area contributed by atoms with Crippen molar-refractivity contribution in [3.63, 3.8) is 0 Å². The van der Waals surface area contributed by atoms with Crippen molar-refractivity contribution in [1.82, 2.24) is 10.2 Å². The first-order chi connectivity index (χ1) is 9.54. The second-order valence-electron chi connectivity index (χ2n) is 4.62. The van der Waals surface area contributed by atoms with Gasteiger partial charge >= 0.3 is 6.03 Å². The fourth-order valence-corrected chi connectivity index (χ4v) is 1.90. The molecule has 0 aliphatic rings. The minimum absolute atomic E-state index is 0. The molecule has 0 aromatic heterocycles. The maximum absolute atomic E-state index is 12.3. The highest BCUT2D eigenvalue weighted by molar-refractivity contribution is 5.86. The lowest BCUT2D eigenvalue weighted by Gasteiger charge is -2.26. The van der Waals surface area contributed by atoms with Crippen LogP contribution in [0.2, 0.25) is 0 Å². The number of rotatable bonds is 7. The smallest absolute Gasteiger partial charge is 0.312 e. The molecule has 1 unspecified atom stereocenters. The Hall–Kier alpha value is -1.79. The van der Waals surface area contributed by atoms with Gasteiger partial charge in [-0.05, 0) is 25.5 Å². The van der Waals surface area contributed by atoms with Gasteiger partial charge in [0.2, 0.25) is 5.91 Å². The molecule has 21 heavy (non-hydrogen) atoms. The van der Waals surface area contributed by atoms with E-state index in [0.29, 0.717) is 26.1 Å². The molecule has 0 bridgehead atoms. The van der Waals surface area contributed by atoms with Gasteiger partial charge in [-0.3, -0.25) is 4.79 Å². The number of nitrogens with zero attached hydrogens (tertiary/aromatic N) is 1. The second-order valence-corrected chi connectivity index (χ2v) is 4.62. The summed E-state index contributed by atoms with van der Waals surface area (Å²) >= 11 is 0. The highest BCUT2D eigenvalue weighted by Gasteiger charge is 2.21. The molecule has 0 aliphatic carbocycles. The average Bonchev–Trinajstić information content (AvgIpc) is 2.43. The first kappa shape index (κ1) is 19.2.